The van der Waals surface area contributed by atoms with Gasteiger partial charge in [-0.3, -0.25) is 0 Å². The van der Waals surface area contributed by atoms with Crippen LogP contribution in [0.2, 0.25) is 0 Å². The summed E-state index contributed by atoms with van der Waals surface area (Å²) in [6.07, 6.45) is 0. The second kappa shape index (κ2) is 7.41. The first kappa shape index (κ1) is 18.7. The van der Waals surface area contributed by atoms with Gasteiger partial charge < -0.3 is 29.8 Å². The first-order valence-corrected chi connectivity index (χ1v) is 8.76. The number of carbonyl (C=O) groups is 1. The normalized spacial score (nSPS) is 11.4. The summed E-state index contributed by atoms with van der Waals surface area (Å²) >= 11 is 0. The molecule has 0 fully saturated rings. The Morgan fingerprint density at radius 3 is 2.41 bits per heavy atom. The third-order valence-electron chi connectivity index (χ3n) is 4.37. The summed E-state index contributed by atoms with van der Waals surface area (Å²) in [5.41, 5.74) is 1.17. The van der Waals surface area contributed by atoms with Crippen molar-refractivity contribution in [2.75, 3.05) is 26.4 Å². The van der Waals surface area contributed by atoms with E-state index in [1.165, 1.54) is 16.5 Å². The maximum atomic E-state index is 12.7. The van der Waals surface area contributed by atoms with Gasteiger partial charge in [-0.05, 0) is 18.2 Å². The lowest BCUT2D eigenvalue weighted by atomic mass is 10.1. The molecule has 29 heavy (non-hydrogen) atoms. The predicted molar refractivity (Wildman–Crippen MR) is 103 cm³/mol. The molecule has 0 aliphatic rings. The fraction of sp³-hybridized carbons (Fsp3) is 0.211. The lowest BCUT2D eigenvalue weighted by molar-refractivity contribution is 0.0697. The molecule has 4 N–H and O–H groups in total. The number of H-pyrrole nitrogens is 1. The van der Waals surface area contributed by atoms with E-state index in [0.717, 1.165) is 0 Å². The van der Waals surface area contributed by atoms with E-state index in [9.17, 15) is 9.59 Å². The third kappa shape index (κ3) is 3.24. The first-order chi connectivity index (χ1) is 14.0. The minimum absolute atomic E-state index is 0.0228. The van der Waals surface area contributed by atoms with Crippen LogP contribution in [-0.4, -0.2) is 62.1 Å². The number of aliphatic hydroxyl groups is 2. The summed E-state index contributed by atoms with van der Waals surface area (Å²) in [7, 11) is 0. The molecule has 2 aromatic carbocycles. The summed E-state index contributed by atoms with van der Waals surface area (Å²) in [5.74, 6) is -0.489. The molecule has 0 aliphatic heterocycles. The van der Waals surface area contributed by atoms with E-state index < -0.39 is 11.7 Å². The number of aliphatic hydroxyl groups excluding tert-OH is 2. The van der Waals surface area contributed by atoms with Crippen LogP contribution in [0.4, 0.5) is 0 Å². The maximum Gasteiger partial charge on any atom is 0.335 e. The number of aromatic carboxylic acids is 1. The van der Waals surface area contributed by atoms with Crippen molar-refractivity contribution in [3.05, 3.63) is 46.4 Å². The van der Waals surface area contributed by atoms with E-state index in [2.05, 4.69) is 9.97 Å². The average molecular weight is 399 g/mol. The Balaban J connectivity index is 1.99. The van der Waals surface area contributed by atoms with Crippen LogP contribution in [0.3, 0.4) is 0 Å². The second-order valence-electron chi connectivity index (χ2n) is 6.20. The number of benzene rings is 2. The van der Waals surface area contributed by atoms with Crippen molar-refractivity contribution in [1.29, 1.82) is 0 Å². The molecule has 0 radical (unpaired) electrons. The summed E-state index contributed by atoms with van der Waals surface area (Å²) in [4.78, 5) is 31.1. The minimum atomic E-state index is -1.10. The highest BCUT2D eigenvalue weighted by atomic mass is 16.5. The highest BCUT2D eigenvalue weighted by Gasteiger charge is 2.17. The van der Waals surface area contributed by atoms with E-state index in [4.69, 9.17) is 24.8 Å². The van der Waals surface area contributed by atoms with Gasteiger partial charge in [0.15, 0.2) is 17.1 Å². The number of fused-ring (bicyclic) bond motifs is 5. The molecule has 0 saturated carbocycles. The van der Waals surface area contributed by atoms with E-state index >= 15 is 0 Å². The standard InChI is InChI=1S/C19H17N3O7/c23-3-5-28-15-8-13-14(9-16(15)29-6-4-24)22-17(20-13)11-2-1-10(18(25)26)7-12(11)21-19(22)27/h1-2,7-9,23-24H,3-6H2,(H,21,27)(H,25,26). The van der Waals surface area contributed by atoms with Crippen LogP contribution in [-0.2, 0) is 0 Å². The zero-order chi connectivity index (χ0) is 20.5. The molecule has 4 rings (SSSR count). The van der Waals surface area contributed by atoms with Crippen LogP contribution in [0.1, 0.15) is 10.4 Å². The molecule has 2 aromatic heterocycles. The maximum absolute atomic E-state index is 12.7. The van der Waals surface area contributed by atoms with Crippen LogP contribution in [0, 0.1) is 0 Å². The summed E-state index contributed by atoms with van der Waals surface area (Å²) < 4.78 is 12.4. The molecule has 0 amide bonds. The van der Waals surface area contributed by atoms with Crippen LogP contribution < -0.4 is 15.2 Å². The van der Waals surface area contributed by atoms with Gasteiger partial charge in [0.2, 0.25) is 0 Å². The van der Waals surface area contributed by atoms with Crippen molar-refractivity contribution in [2.45, 2.75) is 0 Å². The molecule has 150 valence electrons. The number of rotatable bonds is 7. The van der Waals surface area contributed by atoms with Gasteiger partial charge in [0.25, 0.3) is 0 Å². The molecule has 2 heterocycles. The van der Waals surface area contributed by atoms with E-state index in [0.29, 0.717) is 39.1 Å². The molecule has 0 bridgehead atoms. The van der Waals surface area contributed by atoms with Gasteiger partial charge in [-0.15, -0.1) is 0 Å². The van der Waals surface area contributed by atoms with Gasteiger partial charge in [-0.25, -0.2) is 19.0 Å². The highest BCUT2D eigenvalue weighted by Crippen LogP contribution is 2.33. The molecular formula is C19H17N3O7. The number of imidazole rings is 1. The number of hydrogen-bond acceptors (Lipinski definition) is 7. The van der Waals surface area contributed by atoms with Gasteiger partial charge in [0.05, 0.1) is 35.3 Å². The molecule has 0 spiro atoms. The van der Waals surface area contributed by atoms with Crippen LogP contribution >= 0.6 is 0 Å². The minimum Gasteiger partial charge on any atom is -0.487 e. The van der Waals surface area contributed by atoms with Crippen molar-refractivity contribution >= 4 is 33.6 Å². The van der Waals surface area contributed by atoms with Gasteiger partial charge in [-0.2, -0.15) is 0 Å². The molecule has 0 atom stereocenters. The Kier molecular flexibility index (Phi) is 4.79. The first-order valence-electron chi connectivity index (χ1n) is 8.76. The summed E-state index contributed by atoms with van der Waals surface area (Å²) in [5, 5.41) is 27.8. The number of carboxylic acids is 1. The van der Waals surface area contributed by atoms with Crippen molar-refractivity contribution in [3.63, 3.8) is 0 Å². The van der Waals surface area contributed by atoms with Crippen molar-refractivity contribution in [3.8, 4) is 11.5 Å². The lowest BCUT2D eigenvalue weighted by Gasteiger charge is -2.11. The molecule has 10 nitrogen and oxygen atoms in total. The third-order valence-corrected chi connectivity index (χ3v) is 4.37. The molecule has 0 saturated heterocycles. The van der Waals surface area contributed by atoms with Gasteiger partial charge in [0, 0.05) is 17.5 Å². The lowest BCUT2D eigenvalue weighted by Crippen LogP contribution is -2.16. The zero-order valence-corrected chi connectivity index (χ0v) is 15.1. The van der Waals surface area contributed by atoms with Gasteiger partial charge in [-0.1, -0.05) is 0 Å². The Bertz CT molecular complexity index is 1290. The molecule has 0 aliphatic carbocycles. The van der Waals surface area contributed by atoms with Crippen molar-refractivity contribution in [1.82, 2.24) is 14.4 Å². The molecular weight excluding hydrogens is 382 g/mol. The largest absolute Gasteiger partial charge is 0.487 e. The number of hydrogen-bond donors (Lipinski definition) is 4. The van der Waals surface area contributed by atoms with E-state index in [-0.39, 0.29) is 32.0 Å². The fourth-order valence-electron chi connectivity index (χ4n) is 3.16. The Morgan fingerprint density at radius 1 is 1.07 bits per heavy atom. The molecule has 10 heteroatoms. The summed E-state index contributed by atoms with van der Waals surface area (Å²) in [6.45, 7) is -0.342. The number of carboxylic acid groups (broad SMARTS) is 1. The average Bonchev–Trinajstić information content (AvgIpc) is 3.08. The molecule has 0 unspecified atom stereocenters. The number of aromatic nitrogens is 3. The molecule has 4 aromatic rings. The topological polar surface area (TPSA) is 146 Å². The van der Waals surface area contributed by atoms with Crippen LogP contribution in [0.5, 0.6) is 11.5 Å². The zero-order valence-electron chi connectivity index (χ0n) is 15.1. The van der Waals surface area contributed by atoms with Crippen LogP contribution in [0.25, 0.3) is 27.6 Å². The highest BCUT2D eigenvalue weighted by molar-refractivity contribution is 6.00. The number of ether oxygens (including phenoxy) is 2. The Morgan fingerprint density at radius 2 is 1.76 bits per heavy atom. The number of nitrogens with one attached hydrogen (secondary N) is 1. The fourth-order valence-corrected chi connectivity index (χ4v) is 3.16. The predicted octanol–water partition coefficient (Wildman–Crippen LogP) is 0.769. The summed E-state index contributed by atoms with van der Waals surface area (Å²) in [6, 6.07) is 7.56. The SMILES string of the molecule is O=C(O)c1ccc2c(c1)[nH]c(=O)n1c3cc(OCCO)c(OCCO)cc3nc21. The van der Waals surface area contributed by atoms with E-state index in [1.54, 1.807) is 18.2 Å². The number of aromatic amines is 1. The smallest absolute Gasteiger partial charge is 0.335 e. The quantitative estimate of drug-likeness (QED) is 0.356. The van der Waals surface area contributed by atoms with Crippen molar-refractivity contribution < 1.29 is 29.6 Å². The van der Waals surface area contributed by atoms with Gasteiger partial charge >= 0.3 is 11.7 Å². The monoisotopic (exact) mass is 399 g/mol. The van der Waals surface area contributed by atoms with Gasteiger partial charge in [0.1, 0.15) is 13.2 Å². The number of nitrogens with zero attached hydrogens (tertiary/aromatic N) is 2. The van der Waals surface area contributed by atoms with E-state index in [1.807, 2.05) is 0 Å². The van der Waals surface area contributed by atoms with Crippen molar-refractivity contribution in [2.24, 2.45) is 0 Å². The van der Waals surface area contributed by atoms with Crippen LogP contribution in [0.15, 0.2) is 35.1 Å². The Hall–Kier alpha value is -3.63. The Labute approximate surface area is 162 Å². The second-order valence-corrected chi connectivity index (χ2v) is 6.20.